The first-order chi connectivity index (χ1) is 9.72. The van der Waals surface area contributed by atoms with Crippen LogP contribution < -0.4 is 14.8 Å². The van der Waals surface area contributed by atoms with E-state index in [4.69, 9.17) is 9.47 Å². The second-order valence-electron chi connectivity index (χ2n) is 4.81. The monoisotopic (exact) mass is 291 g/mol. The van der Waals surface area contributed by atoms with Gasteiger partial charge in [-0.25, -0.2) is 0 Å². The van der Waals surface area contributed by atoms with Crippen molar-refractivity contribution < 1.29 is 9.47 Å². The molecule has 0 radical (unpaired) electrons. The molecule has 0 aliphatic carbocycles. The standard InChI is InChI=1S/C16H21NO2S/c1-12(17-10-14-6-7-20-11-14)8-13-4-5-15(18-2)16(9-13)19-3/h4-7,9,11-12,17H,8,10H2,1-3H3. The second kappa shape index (κ2) is 7.31. The number of benzene rings is 1. The van der Waals surface area contributed by atoms with Gasteiger partial charge in [0.1, 0.15) is 0 Å². The Bertz CT molecular complexity index is 525. The average Bonchev–Trinajstić information content (AvgIpc) is 2.98. The van der Waals surface area contributed by atoms with E-state index in [-0.39, 0.29) is 0 Å². The molecule has 1 aromatic carbocycles. The van der Waals surface area contributed by atoms with Crippen molar-refractivity contribution in [2.45, 2.75) is 25.9 Å². The highest BCUT2D eigenvalue weighted by Crippen LogP contribution is 2.27. The van der Waals surface area contributed by atoms with E-state index in [1.165, 1.54) is 11.1 Å². The molecule has 4 heteroatoms. The van der Waals surface area contributed by atoms with E-state index in [9.17, 15) is 0 Å². The van der Waals surface area contributed by atoms with Gasteiger partial charge in [0.2, 0.25) is 0 Å². The van der Waals surface area contributed by atoms with E-state index in [0.29, 0.717) is 6.04 Å². The predicted octanol–water partition coefficient (Wildman–Crippen LogP) is 3.49. The maximum atomic E-state index is 5.33. The van der Waals surface area contributed by atoms with Crippen LogP contribution in [0.3, 0.4) is 0 Å². The fraction of sp³-hybridized carbons (Fsp3) is 0.375. The van der Waals surface area contributed by atoms with Crippen molar-refractivity contribution in [3.05, 3.63) is 46.2 Å². The third-order valence-electron chi connectivity index (χ3n) is 3.22. The molecular formula is C16H21NO2S. The molecule has 0 saturated heterocycles. The number of methoxy groups -OCH3 is 2. The van der Waals surface area contributed by atoms with E-state index >= 15 is 0 Å². The maximum absolute atomic E-state index is 5.33. The lowest BCUT2D eigenvalue weighted by atomic mass is 10.1. The summed E-state index contributed by atoms with van der Waals surface area (Å²) in [6.07, 6.45) is 0.963. The number of thiophene rings is 1. The molecule has 20 heavy (non-hydrogen) atoms. The van der Waals surface area contributed by atoms with Gasteiger partial charge in [-0.3, -0.25) is 0 Å². The highest BCUT2D eigenvalue weighted by atomic mass is 32.1. The Morgan fingerprint density at radius 3 is 2.55 bits per heavy atom. The van der Waals surface area contributed by atoms with Crippen LogP contribution in [-0.4, -0.2) is 20.3 Å². The van der Waals surface area contributed by atoms with Crippen LogP contribution in [0.4, 0.5) is 0 Å². The van der Waals surface area contributed by atoms with Gasteiger partial charge in [0.05, 0.1) is 14.2 Å². The van der Waals surface area contributed by atoms with Crippen molar-refractivity contribution in [1.29, 1.82) is 0 Å². The number of nitrogens with one attached hydrogen (secondary N) is 1. The zero-order chi connectivity index (χ0) is 14.4. The molecular weight excluding hydrogens is 270 g/mol. The molecule has 1 N–H and O–H groups in total. The Hall–Kier alpha value is -1.52. The van der Waals surface area contributed by atoms with Gasteiger partial charge >= 0.3 is 0 Å². The molecule has 0 fully saturated rings. The largest absolute Gasteiger partial charge is 0.493 e. The quantitative estimate of drug-likeness (QED) is 0.847. The predicted molar refractivity (Wildman–Crippen MR) is 83.9 cm³/mol. The Morgan fingerprint density at radius 2 is 1.90 bits per heavy atom. The normalized spacial score (nSPS) is 12.2. The highest BCUT2D eigenvalue weighted by Gasteiger charge is 2.08. The molecule has 2 aromatic rings. The first-order valence-corrected chi connectivity index (χ1v) is 7.62. The number of ether oxygens (including phenoxy) is 2. The Kier molecular flexibility index (Phi) is 5.44. The maximum Gasteiger partial charge on any atom is 0.160 e. The molecule has 108 valence electrons. The Balaban J connectivity index is 1.91. The van der Waals surface area contributed by atoms with Crippen molar-refractivity contribution in [2.75, 3.05) is 14.2 Å². The van der Waals surface area contributed by atoms with Gasteiger partial charge in [-0.05, 0) is 53.4 Å². The minimum absolute atomic E-state index is 0.410. The number of hydrogen-bond acceptors (Lipinski definition) is 4. The van der Waals surface area contributed by atoms with Crippen molar-refractivity contribution in [3.8, 4) is 11.5 Å². The topological polar surface area (TPSA) is 30.5 Å². The van der Waals surface area contributed by atoms with Crippen molar-refractivity contribution in [3.63, 3.8) is 0 Å². The van der Waals surface area contributed by atoms with Crippen LogP contribution in [0.5, 0.6) is 11.5 Å². The molecule has 0 spiro atoms. The zero-order valence-corrected chi connectivity index (χ0v) is 13.0. The van der Waals surface area contributed by atoms with Crippen LogP contribution >= 0.6 is 11.3 Å². The average molecular weight is 291 g/mol. The van der Waals surface area contributed by atoms with Gasteiger partial charge in [0, 0.05) is 12.6 Å². The molecule has 1 aromatic heterocycles. The third kappa shape index (κ3) is 3.99. The van der Waals surface area contributed by atoms with Crippen molar-refractivity contribution in [1.82, 2.24) is 5.32 Å². The summed E-state index contributed by atoms with van der Waals surface area (Å²) in [6.45, 7) is 3.11. The van der Waals surface area contributed by atoms with E-state index in [1.54, 1.807) is 25.6 Å². The molecule has 0 bridgehead atoms. The summed E-state index contributed by atoms with van der Waals surface area (Å²) in [5.41, 5.74) is 2.59. The van der Waals surface area contributed by atoms with Gasteiger partial charge in [-0.15, -0.1) is 0 Å². The molecule has 0 aliphatic heterocycles. The smallest absolute Gasteiger partial charge is 0.160 e. The molecule has 0 saturated carbocycles. The van der Waals surface area contributed by atoms with Crippen LogP contribution in [-0.2, 0) is 13.0 Å². The minimum Gasteiger partial charge on any atom is -0.493 e. The zero-order valence-electron chi connectivity index (χ0n) is 12.2. The minimum atomic E-state index is 0.410. The van der Waals surface area contributed by atoms with Gasteiger partial charge in [0.15, 0.2) is 11.5 Å². The van der Waals surface area contributed by atoms with E-state index in [1.807, 2.05) is 12.1 Å². The summed E-state index contributed by atoms with van der Waals surface area (Å²) in [4.78, 5) is 0. The first kappa shape index (κ1) is 14.9. The van der Waals surface area contributed by atoms with E-state index in [2.05, 4.69) is 35.1 Å². The number of hydrogen-bond donors (Lipinski definition) is 1. The summed E-state index contributed by atoms with van der Waals surface area (Å²) in [5.74, 6) is 1.56. The summed E-state index contributed by atoms with van der Waals surface area (Å²) in [7, 11) is 3.32. The Morgan fingerprint density at radius 1 is 1.10 bits per heavy atom. The molecule has 1 unspecified atom stereocenters. The van der Waals surface area contributed by atoms with Gasteiger partial charge in [-0.2, -0.15) is 11.3 Å². The SMILES string of the molecule is COc1ccc(CC(C)NCc2ccsc2)cc1OC. The van der Waals surface area contributed by atoms with E-state index < -0.39 is 0 Å². The summed E-state index contributed by atoms with van der Waals surface area (Å²) in [5, 5.41) is 7.82. The molecule has 3 nitrogen and oxygen atoms in total. The molecule has 1 atom stereocenters. The summed E-state index contributed by atoms with van der Waals surface area (Å²) < 4.78 is 10.6. The molecule has 0 aliphatic rings. The van der Waals surface area contributed by atoms with Gasteiger partial charge < -0.3 is 14.8 Å². The lowest BCUT2D eigenvalue weighted by molar-refractivity contribution is 0.354. The van der Waals surface area contributed by atoms with Crippen molar-refractivity contribution >= 4 is 11.3 Å². The first-order valence-electron chi connectivity index (χ1n) is 6.68. The second-order valence-corrected chi connectivity index (χ2v) is 5.59. The van der Waals surface area contributed by atoms with Crippen LogP contribution in [0.25, 0.3) is 0 Å². The lowest BCUT2D eigenvalue weighted by Crippen LogP contribution is -2.27. The fourth-order valence-electron chi connectivity index (χ4n) is 2.12. The third-order valence-corrected chi connectivity index (χ3v) is 3.96. The van der Waals surface area contributed by atoms with Crippen LogP contribution in [0.1, 0.15) is 18.1 Å². The molecule has 1 heterocycles. The van der Waals surface area contributed by atoms with Crippen LogP contribution in [0.2, 0.25) is 0 Å². The van der Waals surface area contributed by atoms with Gasteiger partial charge in [0.25, 0.3) is 0 Å². The molecule has 0 amide bonds. The van der Waals surface area contributed by atoms with Crippen molar-refractivity contribution in [2.24, 2.45) is 0 Å². The number of rotatable bonds is 7. The van der Waals surface area contributed by atoms with E-state index in [0.717, 1.165) is 24.5 Å². The highest BCUT2D eigenvalue weighted by molar-refractivity contribution is 7.07. The lowest BCUT2D eigenvalue weighted by Gasteiger charge is -2.15. The summed E-state index contributed by atoms with van der Waals surface area (Å²) >= 11 is 1.73. The Labute approximate surface area is 124 Å². The van der Waals surface area contributed by atoms with Crippen LogP contribution in [0.15, 0.2) is 35.0 Å². The summed E-state index contributed by atoms with van der Waals surface area (Å²) in [6, 6.07) is 8.65. The molecule has 2 rings (SSSR count). The fourth-order valence-corrected chi connectivity index (χ4v) is 2.79. The van der Waals surface area contributed by atoms with Crippen LogP contribution in [0, 0.1) is 0 Å². The van der Waals surface area contributed by atoms with Gasteiger partial charge in [-0.1, -0.05) is 6.07 Å².